The number of para-hydroxylation sites is 1. The van der Waals surface area contributed by atoms with Crippen LogP contribution in [0.15, 0.2) is 66.7 Å². The van der Waals surface area contributed by atoms with Crippen molar-refractivity contribution in [3.05, 3.63) is 82.4 Å². The fourth-order valence-corrected chi connectivity index (χ4v) is 2.95. The zero-order chi connectivity index (χ0) is 21.1. The Bertz CT molecular complexity index is 1240. The lowest BCUT2D eigenvalue weighted by Crippen LogP contribution is -2.12. The molecule has 9 nitrogen and oxygen atoms in total. The molecule has 0 saturated heterocycles. The molecule has 1 heterocycles. The molecule has 9 heteroatoms. The Hall–Kier alpha value is -4.27. The number of nitro benzene ring substituents is 1. The summed E-state index contributed by atoms with van der Waals surface area (Å²) >= 11 is 0. The Balaban J connectivity index is 1.58. The van der Waals surface area contributed by atoms with Crippen LogP contribution in [0.25, 0.3) is 16.7 Å². The van der Waals surface area contributed by atoms with E-state index in [4.69, 9.17) is 4.74 Å². The zero-order valence-corrected chi connectivity index (χ0v) is 16.0. The molecule has 0 spiro atoms. The van der Waals surface area contributed by atoms with Gasteiger partial charge in [0.2, 0.25) is 0 Å². The van der Waals surface area contributed by atoms with Crippen LogP contribution in [-0.4, -0.2) is 32.4 Å². The first-order chi connectivity index (χ1) is 14.5. The number of aromatic nitrogens is 3. The van der Waals surface area contributed by atoms with Gasteiger partial charge in [-0.15, -0.1) is 10.2 Å². The van der Waals surface area contributed by atoms with Gasteiger partial charge < -0.3 is 10.1 Å². The molecule has 150 valence electrons. The fourth-order valence-electron chi connectivity index (χ4n) is 2.95. The normalized spacial score (nSPS) is 10.7. The van der Waals surface area contributed by atoms with Gasteiger partial charge in [-0.1, -0.05) is 18.2 Å². The second-order valence-corrected chi connectivity index (χ2v) is 6.36. The quantitative estimate of drug-likeness (QED) is 0.385. The van der Waals surface area contributed by atoms with E-state index >= 15 is 0 Å². The van der Waals surface area contributed by atoms with Crippen molar-refractivity contribution in [3.8, 4) is 11.4 Å². The van der Waals surface area contributed by atoms with Crippen LogP contribution >= 0.6 is 0 Å². The molecule has 4 aromatic rings. The summed E-state index contributed by atoms with van der Waals surface area (Å²) in [5.41, 5.74) is 2.50. The van der Waals surface area contributed by atoms with Crippen molar-refractivity contribution in [2.45, 2.75) is 6.92 Å². The van der Waals surface area contributed by atoms with Crippen LogP contribution in [-0.2, 0) is 0 Å². The van der Waals surface area contributed by atoms with Crippen LogP contribution in [0.1, 0.15) is 17.3 Å². The minimum absolute atomic E-state index is 0.123. The molecule has 0 bridgehead atoms. The van der Waals surface area contributed by atoms with Crippen LogP contribution in [0.3, 0.4) is 0 Å². The Labute approximate surface area is 171 Å². The van der Waals surface area contributed by atoms with Crippen LogP contribution < -0.4 is 10.1 Å². The first-order valence-electron chi connectivity index (χ1n) is 9.20. The smallest absolute Gasteiger partial charge is 0.311 e. The number of ether oxygens (including phenoxy) is 1. The molecular weight excluding hydrogens is 386 g/mol. The van der Waals surface area contributed by atoms with Gasteiger partial charge in [-0.05, 0) is 49.4 Å². The molecule has 1 aromatic heterocycles. The maximum atomic E-state index is 12.6. The molecule has 1 N–H and O–H groups in total. The highest BCUT2D eigenvalue weighted by Crippen LogP contribution is 2.28. The summed E-state index contributed by atoms with van der Waals surface area (Å²) in [6.07, 6.45) is 0. The van der Waals surface area contributed by atoms with Crippen LogP contribution in [0.5, 0.6) is 5.75 Å². The number of hydrogen-bond donors (Lipinski definition) is 1. The number of hydrogen-bond acceptors (Lipinski definition) is 6. The predicted molar refractivity (Wildman–Crippen MR) is 111 cm³/mol. The maximum Gasteiger partial charge on any atom is 0.311 e. The summed E-state index contributed by atoms with van der Waals surface area (Å²) in [4.78, 5) is 24.8. The summed E-state index contributed by atoms with van der Waals surface area (Å²) in [7, 11) is 0. The number of carbonyl (C=O) groups is 1. The van der Waals surface area contributed by atoms with E-state index in [9.17, 15) is 14.9 Å². The number of carbonyl (C=O) groups excluding carboxylic acids is 1. The molecule has 0 unspecified atom stereocenters. The number of fused-ring (bicyclic) bond motifs is 1. The van der Waals surface area contributed by atoms with E-state index in [1.807, 2.05) is 30.3 Å². The maximum absolute atomic E-state index is 12.6. The monoisotopic (exact) mass is 403 g/mol. The van der Waals surface area contributed by atoms with Crippen LogP contribution in [0.2, 0.25) is 0 Å². The molecule has 0 aliphatic carbocycles. The molecule has 3 aromatic carbocycles. The molecule has 0 aliphatic rings. The lowest BCUT2D eigenvalue weighted by molar-refractivity contribution is -0.385. The first-order valence-corrected chi connectivity index (χ1v) is 9.20. The largest absolute Gasteiger partial charge is 0.487 e. The van der Waals surface area contributed by atoms with Crippen molar-refractivity contribution in [2.24, 2.45) is 0 Å². The Morgan fingerprint density at radius 3 is 2.57 bits per heavy atom. The SMILES string of the molecule is CCOc1ccc(C(=O)Nc2ccc3nn(-c4ccccc4)nc3c2)cc1[N+](=O)[O-]. The van der Waals surface area contributed by atoms with Crippen molar-refractivity contribution in [1.29, 1.82) is 0 Å². The summed E-state index contributed by atoms with van der Waals surface area (Å²) in [6, 6.07) is 18.7. The number of nitrogens with one attached hydrogen (secondary N) is 1. The second kappa shape index (κ2) is 8.00. The van der Waals surface area contributed by atoms with E-state index < -0.39 is 10.8 Å². The first kappa shape index (κ1) is 19.1. The number of amides is 1. The third-order valence-corrected chi connectivity index (χ3v) is 4.34. The zero-order valence-electron chi connectivity index (χ0n) is 16.0. The highest BCUT2D eigenvalue weighted by molar-refractivity contribution is 6.05. The molecular formula is C21H17N5O4. The van der Waals surface area contributed by atoms with E-state index in [-0.39, 0.29) is 23.6 Å². The van der Waals surface area contributed by atoms with E-state index in [0.717, 1.165) is 5.69 Å². The van der Waals surface area contributed by atoms with Crippen molar-refractivity contribution in [1.82, 2.24) is 15.0 Å². The van der Waals surface area contributed by atoms with Crippen molar-refractivity contribution in [2.75, 3.05) is 11.9 Å². The molecule has 0 fully saturated rings. The minimum atomic E-state index is -0.574. The third-order valence-electron chi connectivity index (χ3n) is 4.34. The highest BCUT2D eigenvalue weighted by atomic mass is 16.6. The minimum Gasteiger partial charge on any atom is -0.487 e. The summed E-state index contributed by atoms with van der Waals surface area (Å²) < 4.78 is 5.25. The van der Waals surface area contributed by atoms with E-state index in [0.29, 0.717) is 16.7 Å². The van der Waals surface area contributed by atoms with E-state index in [1.165, 1.54) is 23.0 Å². The van der Waals surface area contributed by atoms with Gasteiger partial charge in [0.05, 0.1) is 17.2 Å². The predicted octanol–water partition coefficient (Wildman–Crippen LogP) is 3.98. The van der Waals surface area contributed by atoms with Crippen LogP contribution in [0.4, 0.5) is 11.4 Å². The van der Waals surface area contributed by atoms with Gasteiger partial charge in [0.25, 0.3) is 5.91 Å². The number of nitrogens with zero attached hydrogens (tertiary/aromatic N) is 4. The number of benzene rings is 3. The Kier molecular flexibility index (Phi) is 5.08. The van der Waals surface area contributed by atoms with Crippen molar-refractivity contribution >= 4 is 28.3 Å². The average molecular weight is 403 g/mol. The summed E-state index contributed by atoms with van der Waals surface area (Å²) in [5, 5.41) is 22.9. The van der Waals surface area contributed by atoms with Crippen LogP contribution in [0, 0.1) is 10.1 Å². The second-order valence-electron chi connectivity index (χ2n) is 6.36. The standard InChI is InChI=1S/C21H17N5O4/c1-2-30-20-11-8-14(12-19(20)26(28)29)21(27)22-15-9-10-17-18(13-15)24-25(23-17)16-6-4-3-5-7-16/h3-13H,2H2,1H3,(H,22,27). The highest BCUT2D eigenvalue weighted by Gasteiger charge is 2.19. The van der Waals surface area contributed by atoms with Gasteiger partial charge in [-0.2, -0.15) is 4.80 Å². The van der Waals surface area contributed by atoms with E-state index in [1.54, 1.807) is 25.1 Å². The Morgan fingerprint density at radius 2 is 1.83 bits per heavy atom. The topological polar surface area (TPSA) is 112 Å². The van der Waals surface area contributed by atoms with Gasteiger partial charge in [0, 0.05) is 17.3 Å². The van der Waals surface area contributed by atoms with Crippen molar-refractivity contribution < 1.29 is 14.5 Å². The molecule has 0 aliphatic heterocycles. The lowest BCUT2D eigenvalue weighted by atomic mass is 10.1. The van der Waals surface area contributed by atoms with E-state index in [2.05, 4.69) is 15.5 Å². The number of nitro groups is 1. The van der Waals surface area contributed by atoms with Gasteiger partial charge in [0.1, 0.15) is 11.0 Å². The molecule has 4 rings (SSSR count). The fraction of sp³-hybridized carbons (Fsp3) is 0.0952. The van der Waals surface area contributed by atoms with Gasteiger partial charge in [0.15, 0.2) is 5.75 Å². The number of anilines is 1. The Morgan fingerprint density at radius 1 is 1.07 bits per heavy atom. The lowest BCUT2D eigenvalue weighted by Gasteiger charge is -2.07. The molecule has 1 amide bonds. The summed E-state index contributed by atoms with van der Waals surface area (Å²) in [5.74, 6) is -0.353. The molecule has 0 radical (unpaired) electrons. The summed E-state index contributed by atoms with van der Waals surface area (Å²) in [6.45, 7) is 2.02. The molecule has 0 atom stereocenters. The average Bonchev–Trinajstić information content (AvgIpc) is 3.18. The van der Waals surface area contributed by atoms with Crippen molar-refractivity contribution in [3.63, 3.8) is 0 Å². The molecule has 30 heavy (non-hydrogen) atoms. The van der Waals surface area contributed by atoms with Gasteiger partial charge in [-0.3, -0.25) is 14.9 Å². The molecule has 0 saturated carbocycles. The van der Waals surface area contributed by atoms with Gasteiger partial charge >= 0.3 is 5.69 Å². The van der Waals surface area contributed by atoms with Gasteiger partial charge in [-0.25, -0.2) is 0 Å². The number of rotatable bonds is 6. The third kappa shape index (κ3) is 3.81.